The summed E-state index contributed by atoms with van der Waals surface area (Å²) in [5.41, 5.74) is 0. The zero-order valence-electron chi connectivity index (χ0n) is 18.9. The maximum Gasteiger partial charge on any atom is 0.253 e. The van der Waals surface area contributed by atoms with Gasteiger partial charge in [-0.2, -0.15) is 5.06 Å². The lowest BCUT2D eigenvalue weighted by molar-refractivity contribution is -0.179. The van der Waals surface area contributed by atoms with Crippen LogP contribution in [0.5, 0.6) is 0 Å². The molecular formula is C24H47NO3. The van der Waals surface area contributed by atoms with E-state index in [1.807, 2.05) is 0 Å². The highest BCUT2D eigenvalue weighted by Crippen LogP contribution is 2.13. The lowest BCUT2D eigenvalue weighted by Crippen LogP contribution is -2.33. The molecule has 0 aromatic carbocycles. The van der Waals surface area contributed by atoms with Crippen LogP contribution in [0.2, 0.25) is 0 Å². The maximum absolute atomic E-state index is 11.9. The van der Waals surface area contributed by atoms with Gasteiger partial charge in [-0.3, -0.25) is 14.8 Å². The van der Waals surface area contributed by atoms with Crippen LogP contribution in [0, 0.1) is 0 Å². The number of hydrogen-bond donors (Lipinski definition) is 1. The average Bonchev–Trinajstić information content (AvgIpc) is 2.70. The van der Waals surface area contributed by atoms with Crippen LogP contribution in [0.15, 0.2) is 0 Å². The normalized spacial score (nSPS) is 11.0. The molecule has 0 radical (unpaired) electrons. The molecule has 0 spiro atoms. The van der Waals surface area contributed by atoms with Gasteiger partial charge in [-0.1, -0.05) is 117 Å². The van der Waals surface area contributed by atoms with Crippen LogP contribution < -0.4 is 0 Å². The molecule has 0 heterocycles. The zero-order chi connectivity index (χ0) is 20.9. The van der Waals surface area contributed by atoms with Crippen molar-refractivity contribution in [3.8, 4) is 0 Å². The predicted octanol–water partition coefficient (Wildman–Crippen LogP) is 7.57. The Bertz CT molecular complexity index is 337. The van der Waals surface area contributed by atoms with Crippen molar-refractivity contribution in [3.63, 3.8) is 0 Å². The first-order chi connectivity index (χ1) is 13.6. The summed E-state index contributed by atoms with van der Waals surface area (Å²) in [6, 6.07) is 0. The number of amides is 2. The standard InChI is InChI=1S/C24H47NO3/c1-3-5-7-9-11-13-15-17-19-21-23(26)25(28)24(27)22-20-18-16-14-12-10-8-6-4-2/h28H,3-22H2,1-2H3. The molecule has 0 unspecified atom stereocenters. The average molecular weight is 398 g/mol. The molecule has 166 valence electrons. The summed E-state index contributed by atoms with van der Waals surface area (Å²) < 4.78 is 0. The summed E-state index contributed by atoms with van der Waals surface area (Å²) in [5.74, 6) is -0.882. The number of unbranched alkanes of at least 4 members (excludes halogenated alkanes) is 16. The maximum atomic E-state index is 11.9. The van der Waals surface area contributed by atoms with Gasteiger partial charge in [0.2, 0.25) is 0 Å². The van der Waals surface area contributed by atoms with Gasteiger partial charge in [0.05, 0.1) is 0 Å². The van der Waals surface area contributed by atoms with Crippen LogP contribution in [0.1, 0.15) is 142 Å². The van der Waals surface area contributed by atoms with Crippen molar-refractivity contribution < 1.29 is 14.8 Å². The minimum absolute atomic E-state index is 0.274. The lowest BCUT2D eigenvalue weighted by atomic mass is 10.1. The molecule has 0 fully saturated rings. The van der Waals surface area contributed by atoms with E-state index < -0.39 is 11.8 Å². The van der Waals surface area contributed by atoms with Crippen molar-refractivity contribution in [2.75, 3.05) is 0 Å². The molecule has 28 heavy (non-hydrogen) atoms. The van der Waals surface area contributed by atoms with Crippen molar-refractivity contribution in [2.24, 2.45) is 0 Å². The highest BCUT2D eigenvalue weighted by atomic mass is 16.5. The molecule has 0 aromatic rings. The molecular weight excluding hydrogens is 350 g/mol. The number of carbonyl (C=O) groups excluding carboxylic acids is 2. The Labute approximate surface area is 174 Å². The molecule has 0 aliphatic rings. The van der Waals surface area contributed by atoms with Gasteiger partial charge in [0.1, 0.15) is 0 Å². The van der Waals surface area contributed by atoms with Crippen molar-refractivity contribution in [1.82, 2.24) is 5.06 Å². The highest BCUT2D eigenvalue weighted by molar-refractivity contribution is 5.93. The quantitative estimate of drug-likeness (QED) is 0.131. The Morgan fingerprint density at radius 3 is 1.04 bits per heavy atom. The number of rotatable bonds is 20. The van der Waals surface area contributed by atoms with Crippen molar-refractivity contribution in [2.45, 2.75) is 142 Å². The summed E-state index contributed by atoms with van der Waals surface area (Å²) in [6.45, 7) is 4.45. The Kier molecular flexibility index (Phi) is 20.2. The Balaban J connectivity index is 3.52. The van der Waals surface area contributed by atoms with Crippen molar-refractivity contribution >= 4 is 11.8 Å². The van der Waals surface area contributed by atoms with Gasteiger partial charge in [-0.15, -0.1) is 0 Å². The van der Waals surface area contributed by atoms with E-state index >= 15 is 0 Å². The molecule has 0 saturated carbocycles. The van der Waals surface area contributed by atoms with Crippen LogP contribution in [0.4, 0.5) is 0 Å². The third-order valence-corrected chi connectivity index (χ3v) is 5.46. The molecule has 0 bridgehead atoms. The van der Waals surface area contributed by atoms with E-state index in [4.69, 9.17) is 0 Å². The van der Waals surface area contributed by atoms with E-state index in [0.29, 0.717) is 5.06 Å². The first-order valence-corrected chi connectivity index (χ1v) is 12.2. The monoisotopic (exact) mass is 397 g/mol. The van der Waals surface area contributed by atoms with E-state index in [2.05, 4.69) is 13.8 Å². The second-order valence-corrected chi connectivity index (χ2v) is 8.26. The molecule has 4 nitrogen and oxygen atoms in total. The van der Waals surface area contributed by atoms with Gasteiger partial charge in [0.15, 0.2) is 0 Å². The van der Waals surface area contributed by atoms with E-state index in [-0.39, 0.29) is 12.8 Å². The van der Waals surface area contributed by atoms with Crippen LogP contribution in [-0.2, 0) is 9.59 Å². The Morgan fingerprint density at radius 1 is 0.500 bits per heavy atom. The summed E-state index contributed by atoms with van der Waals surface area (Å²) in [4.78, 5) is 23.8. The number of hydroxylamine groups is 2. The molecule has 2 amide bonds. The predicted molar refractivity (Wildman–Crippen MR) is 117 cm³/mol. The topological polar surface area (TPSA) is 57.6 Å². The molecule has 0 aromatic heterocycles. The van der Waals surface area contributed by atoms with Gasteiger partial charge in [0, 0.05) is 12.8 Å². The minimum Gasteiger partial charge on any atom is -0.279 e. The van der Waals surface area contributed by atoms with Gasteiger partial charge >= 0.3 is 0 Å². The first kappa shape index (κ1) is 27.1. The zero-order valence-corrected chi connectivity index (χ0v) is 18.9. The fourth-order valence-electron chi connectivity index (χ4n) is 3.52. The van der Waals surface area contributed by atoms with Crippen molar-refractivity contribution in [1.29, 1.82) is 0 Å². The Morgan fingerprint density at radius 2 is 0.750 bits per heavy atom. The molecule has 0 aliphatic heterocycles. The third kappa shape index (κ3) is 17.2. The van der Waals surface area contributed by atoms with E-state index in [1.54, 1.807) is 0 Å². The molecule has 1 N–H and O–H groups in total. The van der Waals surface area contributed by atoms with Crippen LogP contribution >= 0.6 is 0 Å². The van der Waals surface area contributed by atoms with E-state index in [1.165, 1.54) is 77.0 Å². The van der Waals surface area contributed by atoms with Crippen molar-refractivity contribution in [3.05, 3.63) is 0 Å². The number of hydrogen-bond acceptors (Lipinski definition) is 3. The van der Waals surface area contributed by atoms with Gasteiger partial charge in [-0.05, 0) is 12.8 Å². The molecule has 0 aliphatic carbocycles. The minimum atomic E-state index is -0.441. The van der Waals surface area contributed by atoms with Crippen LogP contribution in [0.3, 0.4) is 0 Å². The van der Waals surface area contributed by atoms with E-state index in [0.717, 1.165) is 38.5 Å². The molecule has 0 saturated heterocycles. The van der Waals surface area contributed by atoms with Gasteiger partial charge < -0.3 is 0 Å². The van der Waals surface area contributed by atoms with Crippen LogP contribution in [0.25, 0.3) is 0 Å². The summed E-state index contributed by atoms with van der Waals surface area (Å²) in [6.07, 6.45) is 21.8. The SMILES string of the molecule is CCCCCCCCCCCC(=O)N(O)C(=O)CCCCCCCCCCC. The van der Waals surface area contributed by atoms with Gasteiger partial charge in [-0.25, -0.2) is 0 Å². The first-order valence-electron chi connectivity index (χ1n) is 12.2. The van der Waals surface area contributed by atoms with Gasteiger partial charge in [0.25, 0.3) is 11.8 Å². The smallest absolute Gasteiger partial charge is 0.253 e. The summed E-state index contributed by atoms with van der Waals surface area (Å²) in [5, 5.41) is 10.1. The lowest BCUT2D eigenvalue weighted by Gasteiger charge is -2.13. The summed E-state index contributed by atoms with van der Waals surface area (Å²) >= 11 is 0. The fraction of sp³-hybridized carbons (Fsp3) is 0.917. The molecule has 0 rings (SSSR count). The number of carbonyl (C=O) groups is 2. The van der Waals surface area contributed by atoms with Crippen LogP contribution in [-0.4, -0.2) is 22.1 Å². The largest absolute Gasteiger partial charge is 0.279 e. The Hall–Kier alpha value is -0.900. The summed E-state index contributed by atoms with van der Waals surface area (Å²) in [7, 11) is 0. The number of nitrogens with zero attached hydrogens (tertiary/aromatic N) is 1. The highest BCUT2D eigenvalue weighted by Gasteiger charge is 2.18. The number of imide groups is 1. The third-order valence-electron chi connectivity index (χ3n) is 5.46. The van der Waals surface area contributed by atoms with E-state index in [9.17, 15) is 14.8 Å². The second kappa shape index (κ2) is 20.8. The second-order valence-electron chi connectivity index (χ2n) is 8.26. The molecule has 4 heteroatoms. The fourth-order valence-corrected chi connectivity index (χ4v) is 3.52. The molecule has 0 atom stereocenters.